The van der Waals surface area contributed by atoms with Gasteiger partial charge in [-0.2, -0.15) is 4.68 Å². The van der Waals surface area contributed by atoms with Gasteiger partial charge in [0.2, 0.25) is 5.95 Å². The highest BCUT2D eigenvalue weighted by molar-refractivity contribution is 6.05. The van der Waals surface area contributed by atoms with Crippen LogP contribution in [0, 0.1) is 5.82 Å². The molecule has 1 aromatic heterocycles. The van der Waals surface area contributed by atoms with Crippen molar-refractivity contribution in [2.24, 2.45) is 0 Å². The quantitative estimate of drug-likeness (QED) is 0.838. The Bertz CT molecular complexity index is 812. The summed E-state index contributed by atoms with van der Waals surface area (Å²) in [5.74, 6) is -1.30. The van der Waals surface area contributed by atoms with E-state index >= 15 is 0 Å². The minimum Gasteiger partial charge on any atom is -0.464 e. The Morgan fingerprint density at radius 3 is 2.61 bits per heavy atom. The van der Waals surface area contributed by atoms with Gasteiger partial charge in [0.1, 0.15) is 17.6 Å². The second kappa shape index (κ2) is 5.59. The fraction of sp³-hybridized carbons (Fsp3) is 0.214. The molecule has 0 aliphatic carbocycles. The number of carbonyl (C=O) groups is 2. The monoisotopic (exact) mass is 317 g/mol. The molecule has 0 amide bonds. The van der Waals surface area contributed by atoms with Crippen LogP contribution in [-0.4, -0.2) is 39.1 Å². The van der Waals surface area contributed by atoms with E-state index in [1.165, 1.54) is 43.0 Å². The van der Waals surface area contributed by atoms with Gasteiger partial charge in [-0.1, -0.05) is 17.2 Å². The molecule has 9 heteroatoms. The lowest BCUT2D eigenvalue weighted by Gasteiger charge is -2.27. The fourth-order valence-corrected chi connectivity index (χ4v) is 2.47. The maximum atomic E-state index is 13.2. The third kappa shape index (κ3) is 2.45. The molecule has 2 aromatic rings. The number of aromatic nitrogens is 4. The van der Waals surface area contributed by atoms with Gasteiger partial charge in [0, 0.05) is 0 Å². The summed E-state index contributed by atoms with van der Waals surface area (Å²) in [6, 6.07) is 4.78. The molecule has 1 aromatic carbocycles. The van der Waals surface area contributed by atoms with Crippen LogP contribution in [0.2, 0.25) is 0 Å². The van der Waals surface area contributed by atoms with Gasteiger partial charge in [-0.3, -0.25) is 4.79 Å². The van der Waals surface area contributed by atoms with E-state index in [1.54, 1.807) is 0 Å². The molecule has 8 nitrogen and oxygen atoms in total. The number of methoxy groups -OCH3 is 1. The highest BCUT2D eigenvalue weighted by Gasteiger charge is 2.36. The average Bonchev–Trinajstić information content (AvgIpc) is 3.01. The summed E-state index contributed by atoms with van der Waals surface area (Å²) in [6.45, 7) is 1.33. The number of hydrogen-bond donors (Lipinski definition) is 1. The van der Waals surface area contributed by atoms with Gasteiger partial charge >= 0.3 is 5.97 Å². The largest absolute Gasteiger partial charge is 0.464 e. The molecule has 1 aliphatic heterocycles. The number of anilines is 1. The number of tetrazole rings is 1. The normalized spacial score (nSPS) is 16.6. The summed E-state index contributed by atoms with van der Waals surface area (Å²) in [6.07, 6.45) is 0. The van der Waals surface area contributed by atoms with Crippen LogP contribution in [0.15, 0.2) is 35.5 Å². The molecule has 0 saturated carbocycles. The van der Waals surface area contributed by atoms with Crippen molar-refractivity contribution in [1.29, 1.82) is 0 Å². The number of fused-ring (bicyclic) bond motifs is 1. The molecule has 0 fully saturated rings. The highest BCUT2D eigenvalue weighted by Crippen LogP contribution is 2.35. The van der Waals surface area contributed by atoms with Crippen LogP contribution in [0.3, 0.4) is 0 Å². The Kier molecular flexibility index (Phi) is 3.61. The Labute approximate surface area is 129 Å². The molecule has 2 heterocycles. The summed E-state index contributed by atoms with van der Waals surface area (Å²) >= 11 is 0. The lowest BCUT2D eigenvalue weighted by molar-refractivity contribution is -0.136. The molecule has 118 valence electrons. The molecule has 0 saturated heterocycles. The molecule has 1 N–H and O–H groups in total. The minimum atomic E-state index is -0.756. The number of allylic oxidation sites excluding steroid dienone is 1. The predicted octanol–water partition coefficient (Wildman–Crippen LogP) is 0.843. The lowest BCUT2D eigenvalue weighted by Crippen LogP contribution is -2.32. The summed E-state index contributed by atoms with van der Waals surface area (Å²) in [5, 5.41) is 13.9. The van der Waals surface area contributed by atoms with Gasteiger partial charge in [-0.15, -0.1) is 0 Å². The predicted molar refractivity (Wildman–Crippen MR) is 75.7 cm³/mol. The highest BCUT2D eigenvalue weighted by atomic mass is 19.1. The van der Waals surface area contributed by atoms with Crippen molar-refractivity contribution in [2.75, 3.05) is 12.4 Å². The molecular formula is C14H12FN5O3. The number of ketones is 1. The number of nitrogens with zero attached hydrogens (tertiary/aromatic N) is 4. The van der Waals surface area contributed by atoms with Gasteiger partial charge in [0.25, 0.3) is 0 Å². The minimum absolute atomic E-state index is 0.0309. The van der Waals surface area contributed by atoms with Crippen molar-refractivity contribution in [2.45, 2.75) is 13.0 Å². The Hall–Kier alpha value is -3.10. The molecule has 1 unspecified atom stereocenters. The maximum absolute atomic E-state index is 13.2. The van der Waals surface area contributed by atoms with Crippen molar-refractivity contribution in [1.82, 2.24) is 20.2 Å². The number of rotatable bonds is 3. The number of esters is 1. The molecule has 3 rings (SSSR count). The molecule has 23 heavy (non-hydrogen) atoms. The van der Waals surface area contributed by atoms with Crippen molar-refractivity contribution in [3.8, 4) is 0 Å². The number of nitrogens with one attached hydrogen (secondary N) is 1. The summed E-state index contributed by atoms with van der Waals surface area (Å²) in [5.41, 5.74) is 0.674. The molecule has 1 aliphatic rings. The van der Waals surface area contributed by atoms with E-state index in [4.69, 9.17) is 4.74 Å². The SMILES string of the molecule is COC(=O)C1=C(C(C)=O)C(c2ccc(F)cc2)n2nnnc2N1. The van der Waals surface area contributed by atoms with E-state index in [0.29, 0.717) is 5.56 Å². The Morgan fingerprint density at radius 1 is 1.30 bits per heavy atom. The number of halogens is 1. The van der Waals surface area contributed by atoms with Crippen LogP contribution >= 0.6 is 0 Å². The van der Waals surface area contributed by atoms with E-state index < -0.39 is 17.8 Å². The summed E-state index contributed by atoms with van der Waals surface area (Å²) in [7, 11) is 1.21. The molecule has 1 atom stereocenters. The Morgan fingerprint density at radius 2 is 2.00 bits per heavy atom. The van der Waals surface area contributed by atoms with E-state index in [0.717, 1.165) is 0 Å². The third-order valence-corrected chi connectivity index (χ3v) is 3.47. The number of carbonyl (C=O) groups excluding carboxylic acids is 2. The number of Topliss-reactive ketones (excluding diaryl/α,β-unsaturated/α-hetero) is 1. The lowest BCUT2D eigenvalue weighted by atomic mass is 9.93. The topological polar surface area (TPSA) is 99.0 Å². The van der Waals surface area contributed by atoms with Crippen molar-refractivity contribution >= 4 is 17.7 Å². The first-order valence-corrected chi connectivity index (χ1v) is 6.66. The first-order valence-electron chi connectivity index (χ1n) is 6.66. The van der Waals surface area contributed by atoms with Crippen LogP contribution in [0.25, 0.3) is 0 Å². The second-order valence-corrected chi connectivity index (χ2v) is 4.86. The average molecular weight is 317 g/mol. The van der Waals surface area contributed by atoms with Crippen LogP contribution < -0.4 is 5.32 Å². The Balaban J connectivity index is 2.23. The van der Waals surface area contributed by atoms with E-state index in [-0.39, 0.29) is 23.0 Å². The van der Waals surface area contributed by atoms with Gasteiger partial charge < -0.3 is 10.1 Å². The van der Waals surface area contributed by atoms with Gasteiger partial charge in [-0.05, 0) is 35.0 Å². The third-order valence-electron chi connectivity index (χ3n) is 3.47. The number of benzene rings is 1. The smallest absolute Gasteiger partial charge is 0.355 e. The van der Waals surface area contributed by atoms with Crippen molar-refractivity contribution < 1.29 is 18.7 Å². The molecule has 0 bridgehead atoms. The molecule has 0 radical (unpaired) electrons. The van der Waals surface area contributed by atoms with Gasteiger partial charge in [0.05, 0.1) is 12.7 Å². The van der Waals surface area contributed by atoms with Crippen molar-refractivity contribution in [3.63, 3.8) is 0 Å². The fourth-order valence-electron chi connectivity index (χ4n) is 2.47. The first-order chi connectivity index (χ1) is 11.0. The maximum Gasteiger partial charge on any atom is 0.355 e. The number of ether oxygens (including phenoxy) is 1. The standard InChI is InChI=1S/C14H12FN5O3/c1-7(21)10-11(13(22)23-2)16-14-17-18-19-20(14)12(10)8-3-5-9(15)6-4-8/h3-6,12H,1-2H3,(H,16,17,19). The van der Waals surface area contributed by atoms with Crippen LogP contribution in [-0.2, 0) is 14.3 Å². The number of hydrogen-bond acceptors (Lipinski definition) is 7. The van der Waals surface area contributed by atoms with E-state index in [2.05, 4.69) is 20.8 Å². The molecular weight excluding hydrogens is 305 g/mol. The second-order valence-electron chi connectivity index (χ2n) is 4.86. The van der Waals surface area contributed by atoms with Crippen molar-refractivity contribution in [3.05, 3.63) is 46.9 Å². The molecule has 0 spiro atoms. The summed E-state index contributed by atoms with van der Waals surface area (Å²) in [4.78, 5) is 24.2. The zero-order chi connectivity index (χ0) is 16.6. The summed E-state index contributed by atoms with van der Waals surface area (Å²) < 4.78 is 19.3. The van der Waals surface area contributed by atoms with Crippen LogP contribution in [0.4, 0.5) is 10.3 Å². The first kappa shape index (κ1) is 14.8. The van der Waals surface area contributed by atoms with Gasteiger partial charge in [0.15, 0.2) is 5.78 Å². The zero-order valence-electron chi connectivity index (χ0n) is 12.3. The van der Waals surface area contributed by atoms with E-state index in [1.807, 2.05) is 0 Å². The van der Waals surface area contributed by atoms with E-state index in [9.17, 15) is 14.0 Å². The van der Waals surface area contributed by atoms with Gasteiger partial charge in [-0.25, -0.2) is 9.18 Å². The van der Waals surface area contributed by atoms with Crippen LogP contribution in [0.1, 0.15) is 18.5 Å². The zero-order valence-corrected chi connectivity index (χ0v) is 12.3. The van der Waals surface area contributed by atoms with Crippen LogP contribution in [0.5, 0.6) is 0 Å².